The van der Waals surface area contributed by atoms with Crippen LogP contribution in [-0.2, 0) is 9.59 Å². The predicted molar refractivity (Wildman–Crippen MR) is 150 cm³/mol. The van der Waals surface area contributed by atoms with Crippen LogP contribution in [0, 0.1) is 0 Å². The van der Waals surface area contributed by atoms with Crippen LogP contribution in [0.5, 0.6) is 11.5 Å². The average molecular weight is 545 g/mol. The zero-order valence-corrected chi connectivity index (χ0v) is 22.8. The summed E-state index contributed by atoms with van der Waals surface area (Å²) in [6.07, 6.45) is 4.56. The Morgan fingerprint density at radius 3 is 2.43 bits per heavy atom. The molecular formula is C27H33ClN4O4S. The normalized spacial score (nSPS) is 18.3. The number of methoxy groups -OCH3 is 2. The van der Waals surface area contributed by atoms with Crippen LogP contribution in [0.2, 0.25) is 5.02 Å². The summed E-state index contributed by atoms with van der Waals surface area (Å²) in [7, 11) is 3.12. The summed E-state index contributed by atoms with van der Waals surface area (Å²) in [6, 6.07) is 11.5. The molecule has 0 aromatic heterocycles. The number of carbonyl (C=O) groups excluding carboxylic acids is 2. The molecule has 0 unspecified atom stereocenters. The Bertz CT molecular complexity index is 1120. The van der Waals surface area contributed by atoms with Gasteiger partial charge in [-0.25, -0.2) is 0 Å². The second-order valence-corrected chi connectivity index (χ2v) is 9.99. The Kier molecular flexibility index (Phi) is 9.23. The molecule has 2 fully saturated rings. The van der Waals surface area contributed by atoms with Gasteiger partial charge in [-0.2, -0.15) is 0 Å². The van der Waals surface area contributed by atoms with E-state index >= 15 is 0 Å². The zero-order chi connectivity index (χ0) is 26.4. The molecule has 10 heteroatoms. The van der Waals surface area contributed by atoms with Crippen molar-refractivity contribution in [3.8, 4) is 11.5 Å². The van der Waals surface area contributed by atoms with E-state index in [1.165, 1.54) is 31.3 Å². The van der Waals surface area contributed by atoms with Crippen LogP contribution in [0.15, 0.2) is 42.5 Å². The van der Waals surface area contributed by atoms with Crippen molar-refractivity contribution in [2.75, 3.05) is 50.6 Å². The lowest BCUT2D eigenvalue weighted by molar-refractivity contribution is -0.124. The van der Waals surface area contributed by atoms with Gasteiger partial charge in [0.15, 0.2) is 5.11 Å². The Labute approximate surface area is 228 Å². The zero-order valence-electron chi connectivity index (χ0n) is 21.2. The number of amides is 2. The largest absolute Gasteiger partial charge is 0.497 e. The lowest BCUT2D eigenvalue weighted by Gasteiger charge is -2.28. The highest BCUT2D eigenvalue weighted by atomic mass is 35.5. The second kappa shape index (κ2) is 12.6. The first-order valence-electron chi connectivity index (χ1n) is 12.6. The molecule has 8 nitrogen and oxygen atoms in total. The third-order valence-corrected chi connectivity index (χ3v) is 7.50. The van der Waals surface area contributed by atoms with Crippen molar-refractivity contribution in [3.05, 3.63) is 47.5 Å². The number of thiocarbonyl (C=S) groups is 1. The summed E-state index contributed by atoms with van der Waals surface area (Å²) in [5.41, 5.74) is 1.19. The maximum atomic E-state index is 13.6. The van der Waals surface area contributed by atoms with E-state index in [2.05, 4.69) is 10.2 Å². The fraction of sp³-hybridized carbons (Fsp3) is 0.444. The van der Waals surface area contributed by atoms with Gasteiger partial charge in [-0.15, -0.1) is 0 Å². The number of hydrogen-bond acceptors (Lipinski definition) is 6. The van der Waals surface area contributed by atoms with Crippen molar-refractivity contribution < 1.29 is 19.1 Å². The molecular weight excluding hydrogens is 512 g/mol. The molecule has 2 aliphatic heterocycles. The van der Waals surface area contributed by atoms with E-state index in [4.69, 9.17) is 33.3 Å². The van der Waals surface area contributed by atoms with Crippen LogP contribution < -0.4 is 19.7 Å². The number of benzene rings is 2. The molecule has 1 atom stereocenters. The monoisotopic (exact) mass is 544 g/mol. The van der Waals surface area contributed by atoms with Gasteiger partial charge in [-0.1, -0.05) is 18.0 Å². The van der Waals surface area contributed by atoms with Gasteiger partial charge in [-0.05, 0) is 93.6 Å². The Morgan fingerprint density at radius 1 is 1.05 bits per heavy atom. The molecule has 2 saturated heterocycles. The number of rotatable bonds is 10. The van der Waals surface area contributed by atoms with Crippen molar-refractivity contribution in [2.45, 2.75) is 38.1 Å². The fourth-order valence-electron chi connectivity index (χ4n) is 4.83. The Balaban J connectivity index is 1.50. The summed E-state index contributed by atoms with van der Waals surface area (Å²) in [5.74, 6) is 0.704. The molecule has 1 N–H and O–H groups in total. The number of ether oxygens (including phenoxy) is 2. The molecule has 0 radical (unpaired) electrons. The minimum Gasteiger partial charge on any atom is -0.497 e. The summed E-state index contributed by atoms with van der Waals surface area (Å²) >= 11 is 12.1. The number of piperidine rings is 1. The van der Waals surface area contributed by atoms with Crippen molar-refractivity contribution in [1.29, 1.82) is 0 Å². The lowest BCUT2D eigenvalue weighted by atomic mass is 10.1. The average Bonchev–Trinajstić information content (AvgIpc) is 3.13. The highest BCUT2D eigenvalue weighted by Gasteiger charge is 2.44. The van der Waals surface area contributed by atoms with Gasteiger partial charge < -0.3 is 24.6 Å². The van der Waals surface area contributed by atoms with Crippen LogP contribution in [0.3, 0.4) is 0 Å². The molecule has 2 aromatic rings. The minimum absolute atomic E-state index is 0.0187. The van der Waals surface area contributed by atoms with Crippen LogP contribution >= 0.6 is 23.8 Å². The van der Waals surface area contributed by atoms with E-state index in [1.54, 1.807) is 49.6 Å². The second-order valence-electron chi connectivity index (χ2n) is 9.22. The van der Waals surface area contributed by atoms with Crippen molar-refractivity contribution in [3.63, 3.8) is 0 Å². The number of likely N-dealkylation sites (tertiary alicyclic amines) is 1. The number of nitrogens with zero attached hydrogens (tertiary/aromatic N) is 3. The van der Waals surface area contributed by atoms with Crippen LogP contribution in [0.25, 0.3) is 0 Å². The topological polar surface area (TPSA) is 74.3 Å². The Morgan fingerprint density at radius 2 is 1.78 bits per heavy atom. The molecule has 2 amide bonds. The van der Waals surface area contributed by atoms with Gasteiger partial charge in [0.25, 0.3) is 5.91 Å². The number of carbonyl (C=O) groups is 2. The summed E-state index contributed by atoms with van der Waals surface area (Å²) in [6.45, 7) is 3.73. The van der Waals surface area contributed by atoms with Gasteiger partial charge in [-0.3, -0.25) is 14.5 Å². The summed E-state index contributed by atoms with van der Waals surface area (Å²) in [4.78, 5) is 32.5. The molecule has 37 heavy (non-hydrogen) atoms. The van der Waals surface area contributed by atoms with E-state index < -0.39 is 6.04 Å². The summed E-state index contributed by atoms with van der Waals surface area (Å²) < 4.78 is 10.4. The van der Waals surface area contributed by atoms with E-state index in [1.807, 2.05) is 4.90 Å². The first-order chi connectivity index (χ1) is 17.9. The third-order valence-electron chi connectivity index (χ3n) is 6.79. The van der Waals surface area contributed by atoms with Gasteiger partial charge in [0, 0.05) is 12.2 Å². The van der Waals surface area contributed by atoms with Crippen molar-refractivity contribution in [2.24, 2.45) is 0 Å². The van der Waals surface area contributed by atoms with Gasteiger partial charge in [0.05, 0.1) is 31.4 Å². The number of hydrogen-bond donors (Lipinski definition) is 1. The Hall–Kier alpha value is -2.88. The third kappa shape index (κ3) is 6.52. The van der Waals surface area contributed by atoms with E-state index in [0.29, 0.717) is 39.6 Å². The molecule has 0 saturated carbocycles. The van der Waals surface area contributed by atoms with Gasteiger partial charge in [0.2, 0.25) is 5.91 Å². The van der Waals surface area contributed by atoms with E-state index in [9.17, 15) is 9.59 Å². The summed E-state index contributed by atoms with van der Waals surface area (Å²) in [5, 5.41) is 3.65. The van der Waals surface area contributed by atoms with Gasteiger partial charge >= 0.3 is 0 Å². The smallest absolute Gasteiger partial charge is 0.256 e. The molecule has 0 aliphatic carbocycles. The lowest BCUT2D eigenvalue weighted by Crippen LogP contribution is -2.40. The minimum atomic E-state index is -0.701. The predicted octanol–water partition coefficient (Wildman–Crippen LogP) is 4.56. The molecule has 4 rings (SSSR count). The molecule has 2 aliphatic rings. The highest BCUT2D eigenvalue weighted by molar-refractivity contribution is 7.80. The van der Waals surface area contributed by atoms with Crippen LogP contribution in [-0.4, -0.2) is 73.2 Å². The molecule has 2 heterocycles. The van der Waals surface area contributed by atoms with Crippen LogP contribution in [0.4, 0.5) is 11.4 Å². The highest BCUT2D eigenvalue weighted by Crippen LogP contribution is 2.33. The van der Waals surface area contributed by atoms with E-state index in [-0.39, 0.29) is 18.2 Å². The molecule has 2 aromatic carbocycles. The van der Waals surface area contributed by atoms with Crippen molar-refractivity contribution in [1.82, 2.24) is 9.80 Å². The SMILES string of the molecule is COc1ccc(NC(=O)C[C@@H]2C(=O)N(c3ccc(OC)c(Cl)c3)C(=S)N2CCCN2CCCCC2)cc1. The molecule has 0 spiro atoms. The van der Waals surface area contributed by atoms with E-state index in [0.717, 1.165) is 26.1 Å². The number of halogens is 1. The number of anilines is 2. The first kappa shape index (κ1) is 27.2. The maximum Gasteiger partial charge on any atom is 0.256 e. The first-order valence-corrected chi connectivity index (χ1v) is 13.3. The fourth-order valence-corrected chi connectivity index (χ4v) is 5.49. The quantitative estimate of drug-likeness (QED) is 0.439. The number of nitrogens with one attached hydrogen (secondary N) is 1. The molecule has 198 valence electrons. The maximum absolute atomic E-state index is 13.6. The standard InChI is InChI=1S/C27H33ClN4O4S/c1-35-21-10-7-19(8-11-21)29-25(33)18-23-26(34)32(20-9-12-24(36-2)22(28)17-20)27(37)31(23)16-6-15-30-13-4-3-5-14-30/h7-12,17,23H,3-6,13-16,18H2,1-2H3,(H,29,33)/t23-/m1/s1. The van der Waals surface area contributed by atoms with Crippen molar-refractivity contribution >= 4 is 52.1 Å². The van der Waals surface area contributed by atoms with Gasteiger partial charge in [0.1, 0.15) is 17.5 Å². The molecule has 0 bridgehead atoms. The van der Waals surface area contributed by atoms with Crippen LogP contribution in [0.1, 0.15) is 32.1 Å².